The summed E-state index contributed by atoms with van der Waals surface area (Å²) in [7, 11) is 0. The molecule has 1 amide bonds. The largest absolute Gasteiger partial charge is 0.342 e. The summed E-state index contributed by atoms with van der Waals surface area (Å²) in [6.07, 6.45) is 3.17. The van der Waals surface area contributed by atoms with Crippen LogP contribution in [-0.4, -0.2) is 39.6 Å². The van der Waals surface area contributed by atoms with Gasteiger partial charge in [0.15, 0.2) is 0 Å². The number of aromatic nitrogens is 2. The first-order valence-corrected chi connectivity index (χ1v) is 10.5. The molecule has 0 saturated carbocycles. The van der Waals surface area contributed by atoms with E-state index < -0.39 is 0 Å². The molecule has 0 spiro atoms. The standard InChI is InChI=1S/C18H25N3OS2/c1-5-14-19-17(16-12(3)13(4)24-18(16)20-14)23-10-15(22)21-8-6-7-11(2)9-21/h11H,5-10H2,1-4H3/t11-/m1/s1. The molecular weight excluding hydrogens is 338 g/mol. The number of carbonyl (C=O) groups excluding carboxylic acids is 1. The van der Waals surface area contributed by atoms with Crippen molar-refractivity contribution in [3.8, 4) is 0 Å². The number of fused-ring (bicyclic) bond motifs is 1. The van der Waals surface area contributed by atoms with Crippen molar-refractivity contribution in [2.75, 3.05) is 18.8 Å². The van der Waals surface area contributed by atoms with E-state index in [1.807, 2.05) is 4.90 Å². The van der Waals surface area contributed by atoms with E-state index in [1.54, 1.807) is 23.1 Å². The second-order valence-electron chi connectivity index (χ2n) is 6.64. The SMILES string of the molecule is CCc1nc(SCC(=O)N2CCC[C@@H](C)C2)c2c(C)c(C)sc2n1. The first-order valence-electron chi connectivity index (χ1n) is 8.66. The summed E-state index contributed by atoms with van der Waals surface area (Å²) in [5, 5.41) is 2.11. The van der Waals surface area contributed by atoms with Crippen LogP contribution in [0.3, 0.4) is 0 Å². The zero-order valence-electron chi connectivity index (χ0n) is 14.9. The van der Waals surface area contributed by atoms with Crippen LogP contribution in [0.15, 0.2) is 5.03 Å². The number of hydrogen-bond donors (Lipinski definition) is 0. The minimum Gasteiger partial charge on any atom is -0.342 e. The Kier molecular flexibility index (Phi) is 5.45. The smallest absolute Gasteiger partial charge is 0.232 e. The lowest BCUT2D eigenvalue weighted by Gasteiger charge is -2.30. The molecule has 1 aliphatic heterocycles. The minimum atomic E-state index is 0.237. The summed E-state index contributed by atoms with van der Waals surface area (Å²) < 4.78 is 0. The summed E-state index contributed by atoms with van der Waals surface area (Å²) in [6.45, 7) is 10.4. The van der Waals surface area contributed by atoms with Crippen LogP contribution >= 0.6 is 23.1 Å². The predicted octanol–water partition coefficient (Wildman–Crippen LogP) is 4.22. The summed E-state index contributed by atoms with van der Waals surface area (Å²) in [5.41, 5.74) is 1.25. The number of thiophene rings is 1. The highest BCUT2D eigenvalue weighted by atomic mass is 32.2. The number of rotatable bonds is 4. The topological polar surface area (TPSA) is 46.1 Å². The molecule has 0 bridgehead atoms. The molecule has 2 aromatic heterocycles. The van der Waals surface area contributed by atoms with E-state index in [0.717, 1.165) is 47.0 Å². The maximum absolute atomic E-state index is 12.6. The van der Waals surface area contributed by atoms with Crippen LogP contribution in [0.4, 0.5) is 0 Å². The van der Waals surface area contributed by atoms with Crippen LogP contribution in [0.25, 0.3) is 10.2 Å². The average Bonchev–Trinajstić information content (AvgIpc) is 2.86. The fraction of sp³-hybridized carbons (Fsp3) is 0.611. The van der Waals surface area contributed by atoms with Crippen LogP contribution in [-0.2, 0) is 11.2 Å². The zero-order chi connectivity index (χ0) is 17.3. The molecule has 0 unspecified atom stereocenters. The fourth-order valence-corrected chi connectivity index (χ4v) is 5.27. The van der Waals surface area contributed by atoms with Crippen LogP contribution in [0.2, 0.25) is 0 Å². The Balaban J connectivity index is 1.80. The second-order valence-corrected chi connectivity index (χ2v) is 8.81. The maximum atomic E-state index is 12.6. The van der Waals surface area contributed by atoms with Gasteiger partial charge in [0, 0.05) is 29.8 Å². The van der Waals surface area contributed by atoms with Crippen molar-refractivity contribution in [2.45, 2.75) is 52.0 Å². The van der Waals surface area contributed by atoms with E-state index in [2.05, 4.69) is 32.7 Å². The fourth-order valence-electron chi connectivity index (χ4n) is 3.15. The van der Waals surface area contributed by atoms with Gasteiger partial charge in [-0.2, -0.15) is 0 Å². The normalized spacial score (nSPS) is 18.3. The Morgan fingerprint density at radius 1 is 1.38 bits per heavy atom. The molecule has 0 aromatic carbocycles. The monoisotopic (exact) mass is 363 g/mol. The highest BCUT2D eigenvalue weighted by Gasteiger charge is 2.22. The van der Waals surface area contributed by atoms with E-state index in [9.17, 15) is 4.79 Å². The highest BCUT2D eigenvalue weighted by Crippen LogP contribution is 2.35. The third-order valence-electron chi connectivity index (χ3n) is 4.70. The molecule has 0 radical (unpaired) electrons. The molecular formula is C18H25N3OS2. The summed E-state index contributed by atoms with van der Waals surface area (Å²) in [5.74, 6) is 2.19. The maximum Gasteiger partial charge on any atom is 0.232 e. The minimum absolute atomic E-state index is 0.237. The molecule has 4 nitrogen and oxygen atoms in total. The van der Waals surface area contributed by atoms with Crippen molar-refractivity contribution in [3.05, 3.63) is 16.3 Å². The van der Waals surface area contributed by atoms with E-state index >= 15 is 0 Å². The second kappa shape index (κ2) is 7.40. The lowest BCUT2D eigenvalue weighted by molar-refractivity contribution is -0.130. The van der Waals surface area contributed by atoms with Gasteiger partial charge in [0.2, 0.25) is 5.91 Å². The Morgan fingerprint density at radius 2 is 2.17 bits per heavy atom. The van der Waals surface area contributed by atoms with Gasteiger partial charge in [-0.05, 0) is 38.2 Å². The molecule has 1 atom stereocenters. The van der Waals surface area contributed by atoms with Gasteiger partial charge in [-0.25, -0.2) is 9.97 Å². The summed E-state index contributed by atoms with van der Waals surface area (Å²) >= 11 is 3.30. The van der Waals surface area contributed by atoms with Crippen molar-refractivity contribution < 1.29 is 4.79 Å². The van der Waals surface area contributed by atoms with Crippen molar-refractivity contribution >= 4 is 39.2 Å². The molecule has 24 heavy (non-hydrogen) atoms. The van der Waals surface area contributed by atoms with Crippen molar-refractivity contribution in [3.63, 3.8) is 0 Å². The van der Waals surface area contributed by atoms with Crippen LogP contribution in [0.1, 0.15) is 43.0 Å². The molecule has 1 saturated heterocycles. The Labute approximate surface area is 152 Å². The van der Waals surface area contributed by atoms with E-state index in [0.29, 0.717) is 11.7 Å². The molecule has 3 rings (SSSR count). The van der Waals surface area contributed by atoms with Gasteiger partial charge in [0.25, 0.3) is 0 Å². The van der Waals surface area contributed by atoms with Crippen LogP contribution < -0.4 is 0 Å². The lowest BCUT2D eigenvalue weighted by atomic mass is 10.0. The summed E-state index contributed by atoms with van der Waals surface area (Å²) in [6, 6.07) is 0. The van der Waals surface area contributed by atoms with Crippen molar-refractivity contribution in [2.24, 2.45) is 5.92 Å². The molecule has 1 aliphatic rings. The molecule has 2 aromatic rings. The van der Waals surface area contributed by atoms with Gasteiger partial charge in [0.05, 0.1) is 5.75 Å². The van der Waals surface area contributed by atoms with Crippen molar-refractivity contribution in [1.29, 1.82) is 0 Å². The first-order chi connectivity index (χ1) is 11.5. The zero-order valence-corrected chi connectivity index (χ0v) is 16.5. The van der Waals surface area contributed by atoms with Gasteiger partial charge in [-0.15, -0.1) is 11.3 Å². The van der Waals surface area contributed by atoms with Gasteiger partial charge < -0.3 is 4.90 Å². The van der Waals surface area contributed by atoms with Crippen molar-refractivity contribution in [1.82, 2.24) is 14.9 Å². The third kappa shape index (κ3) is 3.59. The highest BCUT2D eigenvalue weighted by molar-refractivity contribution is 8.00. The quantitative estimate of drug-likeness (QED) is 0.603. The molecule has 3 heterocycles. The number of thioether (sulfide) groups is 1. The number of piperidine rings is 1. The lowest BCUT2D eigenvalue weighted by Crippen LogP contribution is -2.40. The number of amides is 1. The number of hydrogen-bond acceptors (Lipinski definition) is 5. The molecule has 6 heteroatoms. The predicted molar refractivity (Wildman–Crippen MR) is 102 cm³/mol. The van der Waals surface area contributed by atoms with Gasteiger partial charge in [-0.3, -0.25) is 4.79 Å². The molecule has 130 valence electrons. The first kappa shape index (κ1) is 17.7. The third-order valence-corrected chi connectivity index (χ3v) is 6.76. The van der Waals surface area contributed by atoms with Gasteiger partial charge in [0.1, 0.15) is 15.7 Å². The van der Waals surface area contributed by atoms with E-state index in [4.69, 9.17) is 4.98 Å². The van der Waals surface area contributed by atoms with Crippen LogP contribution in [0.5, 0.6) is 0 Å². The van der Waals surface area contributed by atoms with E-state index in [-0.39, 0.29) is 5.91 Å². The summed E-state index contributed by atoms with van der Waals surface area (Å²) in [4.78, 5) is 26.3. The van der Waals surface area contributed by atoms with E-state index in [1.165, 1.54) is 16.9 Å². The van der Waals surface area contributed by atoms with Gasteiger partial charge in [-0.1, -0.05) is 25.6 Å². The Morgan fingerprint density at radius 3 is 2.88 bits per heavy atom. The van der Waals surface area contributed by atoms with Gasteiger partial charge >= 0.3 is 0 Å². The Hall–Kier alpha value is -1.14. The average molecular weight is 364 g/mol. The number of nitrogens with zero attached hydrogens (tertiary/aromatic N) is 3. The molecule has 0 N–H and O–H groups in total. The van der Waals surface area contributed by atoms with Crippen LogP contribution in [0, 0.1) is 19.8 Å². The molecule has 0 aliphatic carbocycles. The Bertz CT molecular complexity index is 756. The molecule has 1 fully saturated rings. The number of aryl methyl sites for hydroxylation is 3. The number of carbonyl (C=O) groups is 1. The number of likely N-dealkylation sites (tertiary alicyclic amines) is 1.